The number of rotatable bonds is 6. The number of nitrogens with one attached hydrogen (secondary N) is 2. The van der Waals surface area contributed by atoms with Crippen LogP contribution in [0, 0.1) is 0 Å². The number of alkyl halides is 2. The number of urea groups is 1. The molecule has 0 bridgehead atoms. The molecule has 0 fully saturated rings. The van der Waals surface area contributed by atoms with Crippen LogP contribution in [0.4, 0.5) is 13.6 Å². The van der Waals surface area contributed by atoms with Crippen molar-refractivity contribution in [2.45, 2.75) is 30.6 Å². The van der Waals surface area contributed by atoms with Crippen molar-refractivity contribution in [1.29, 1.82) is 0 Å². The summed E-state index contributed by atoms with van der Waals surface area (Å²) in [5, 5.41) is 4.27. The molecule has 1 aromatic carbocycles. The highest BCUT2D eigenvalue weighted by atomic mass is 32.2. The number of sulfone groups is 1. The predicted octanol–water partition coefficient (Wildman–Crippen LogP) is 1.07. The summed E-state index contributed by atoms with van der Waals surface area (Å²) in [4.78, 5) is 34.1. The molecule has 0 aromatic heterocycles. The summed E-state index contributed by atoms with van der Waals surface area (Å²) in [5.74, 6) is -5.43. The Labute approximate surface area is 142 Å². The van der Waals surface area contributed by atoms with Gasteiger partial charge >= 0.3 is 17.8 Å². The molecule has 11 heteroatoms. The normalized spacial score (nSPS) is 12.4. The Balaban J connectivity index is 2.75. The van der Waals surface area contributed by atoms with E-state index in [-0.39, 0.29) is 5.56 Å². The molecule has 2 N–H and O–H groups in total. The summed E-state index contributed by atoms with van der Waals surface area (Å²) >= 11 is 0. The minimum absolute atomic E-state index is 0.147. The standard InChI is InChI=1S/C14H16F2N2O6S/c1-3-17-14(21)18-11(19)8(2)24-12(20)9-4-6-10(7-5-9)25(22,23)13(15)16/h4-8,13H,3H2,1-2H3,(H2,17,18,19,21)/t8-/m1/s1. The van der Waals surface area contributed by atoms with E-state index >= 15 is 0 Å². The Morgan fingerprint density at radius 2 is 1.72 bits per heavy atom. The molecule has 25 heavy (non-hydrogen) atoms. The summed E-state index contributed by atoms with van der Waals surface area (Å²) in [7, 11) is -4.77. The highest BCUT2D eigenvalue weighted by Crippen LogP contribution is 2.19. The Hall–Kier alpha value is -2.56. The summed E-state index contributed by atoms with van der Waals surface area (Å²) in [5.41, 5.74) is -0.147. The van der Waals surface area contributed by atoms with E-state index in [1.54, 1.807) is 6.92 Å². The van der Waals surface area contributed by atoms with Gasteiger partial charge in [-0.25, -0.2) is 18.0 Å². The smallest absolute Gasteiger partial charge is 0.341 e. The van der Waals surface area contributed by atoms with Gasteiger partial charge in [-0.05, 0) is 38.1 Å². The summed E-state index contributed by atoms with van der Waals surface area (Å²) in [6.07, 6.45) is -1.31. The van der Waals surface area contributed by atoms with Gasteiger partial charge < -0.3 is 10.1 Å². The Morgan fingerprint density at radius 1 is 1.16 bits per heavy atom. The first-order chi connectivity index (χ1) is 11.6. The second-order valence-corrected chi connectivity index (χ2v) is 6.64. The van der Waals surface area contributed by atoms with Crippen LogP contribution in [-0.4, -0.2) is 44.7 Å². The largest absolute Gasteiger partial charge is 0.449 e. The van der Waals surface area contributed by atoms with Gasteiger partial charge in [-0.3, -0.25) is 10.1 Å². The Kier molecular flexibility index (Phi) is 6.97. The SMILES string of the molecule is CCNC(=O)NC(=O)[C@@H](C)OC(=O)c1ccc(S(=O)(=O)C(F)F)cc1. The maximum absolute atomic E-state index is 12.4. The van der Waals surface area contributed by atoms with Crippen molar-refractivity contribution < 1.29 is 36.3 Å². The monoisotopic (exact) mass is 378 g/mol. The van der Waals surface area contributed by atoms with E-state index in [9.17, 15) is 31.6 Å². The van der Waals surface area contributed by atoms with Gasteiger partial charge in [0.2, 0.25) is 9.84 Å². The molecule has 0 aliphatic carbocycles. The number of benzene rings is 1. The number of imide groups is 1. The number of ether oxygens (including phenoxy) is 1. The number of carbonyl (C=O) groups excluding carboxylic acids is 3. The van der Waals surface area contributed by atoms with Crippen LogP contribution in [0.3, 0.4) is 0 Å². The third-order valence-corrected chi connectivity index (χ3v) is 4.28. The zero-order valence-electron chi connectivity index (χ0n) is 13.3. The van der Waals surface area contributed by atoms with Crippen molar-refractivity contribution in [1.82, 2.24) is 10.6 Å². The lowest BCUT2D eigenvalue weighted by Gasteiger charge is -2.13. The predicted molar refractivity (Wildman–Crippen MR) is 81.7 cm³/mol. The minimum Gasteiger partial charge on any atom is -0.449 e. The van der Waals surface area contributed by atoms with E-state index in [1.807, 2.05) is 5.32 Å². The zero-order valence-corrected chi connectivity index (χ0v) is 14.1. The number of halogens is 2. The van der Waals surface area contributed by atoms with Crippen LogP contribution in [0.15, 0.2) is 29.2 Å². The maximum atomic E-state index is 12.4. The van der Waals surface area contributed by atoms with Crippen molar-refractivity contribution in [2.24, 2.45) is 0 Å². The minimum atomic E-state index is -4.77. The number of amides is 3. The summed E-state index contributed by atoms with van der Waals surface area (Å²) < 4.78 is 52.2. The number of hydrogen-bond donors (Lipinski definition) is 2. The summed E-state index contributed by atoms with van der Waals surface area (Å²) in [6, 6.07) is 2.87. The average Bonchev–Trinajstić information content (AvgIpc) is 2.54. The second-order valence-electron chi connectivity index (χ2n) is 4.73. The molecule has 3 amide bonds. The van der Waals surface area contributed by atoms with Gasteiger partial charge in [-0.1, -0.05) is 0 Å². The molecular weight excluding hydrogens is 362 g/mol. The maximum Gasteiger partial charge on any atom is 0.341 e. The van der Waals surface area contributed by atoms with E-state index in [1.165, 1.54) is 6.92 Å². The van der Waals surface area contributed by atoms with Crippen molar-refractivity contribution in [3.8, 4) is 0 Å². The molecule has 0 spiro atoms. The fraction of sp³-hybridized carbons (Fsp3) is 0.357. The second kappa shape index (κ2) is 8.51. The van der Waals surface area contributed by atoms with Crippen LogP contribution in [-0.2, 0) is 19.4 Å². The van der Waals surface area contributed by atoms with Gasteiger partial charge in [-0.2, -0.15) is 8.78 Å². The molecule has 1 aromatic rings. The Bertz CT molecular complexity index is 749. The fourth-order valence-corrected chi connectivity index (χ4v) is 2.31. The van der Waals surface area contributed by atoms with Gasteiger partial charge in [0.15, 0.2) is 6.10 Å². The quantitative estimate of drug-likeness (QED) is 0.715. The van der Waals surface area contributed by atoms with Crippen molar-refractivity contribution >= 4 is 27.7 Å². The third-order valence-electron chi connectivity index (χ3n) is 2.88. The molecule has 138 valence electrons. The lowest BCUT2D eigenvalue weighted by atomic mass is 10.2. The topological polar surface area (TPSA) is 119 Å². The number of hydrogen-bond acceptors (Lipinski definition) is 6. The van der Waals surface area contributed by atoms with Crippen LogP contribution in [0.5, 0.6) is 0 Å². The van der Waals surface area contributed by atoms with Crippen molar-refractivity contribution in [3.63, 3.8) is 0 Å². The van der Waals surface area contributed by atoms with Crippen LogP contribution in [0.2, 0.25) is 0 Å². The lowest BCUT2D eigenvalue weighted by Crippen LogP contribution is -2.44. The van der Waals surface area contributed by atoms with E-state index < -0.39 is 44.5 Å². The van der Waals surface area contributed by atoms with E-state index in [0.29, 0.717) is 6.54 Å². The van der Waals surface area contributed by atoms with Gasteiger partial charge in [0.05, 0.1) is 10.5 Å². The third kappa shape index (κ3) is 5.48. The molecule has 0 saturated carbocycles. The van der Waals surface area contributed by atoms with E-state index in [0.717, 1.165) is 24.3 Å². The van der Waals surface area contributed by atoms with Gasteiger partial charge in [0, 0.05) is 6.54 Å². The highest BCUT2D eigenvalue weighted by Gasteiger charge is 2.27. The first-order valence-electron chi connectivity index (χ1n) is 7.01. The molecule has 0 aliphatic heterocycles. The fourth-order valence-electron chi connectivity index (χ4n) is 1.58. The molecule has 0 radical (unpaired) electrons. The average molecular weight is 378 g/mol. The van der Waals surface area contributed by atoms with Crippen molar-refractivity contribution in [2.75, 3.05) is 6.54 Å². The van der Waals surface area contributed by atoms with E-state index in [4.69, 9.17) is 4.74 Å². The lowest BCUT2D eigenvalue weighted by molar-refractivity contribution is -0.127. The van der Waals surface area contributed by atoms with Crippen molar-refractivity contribution in [3.05, 3.63) is 29.8 Å². The number of carbonyl (C=O) groups is 3. The first kappa shape index (κ1) is 20.5. The first-order valence-corrected chi connectivity index (χ1v) is 8.56. The van der Waals surface area contributed by atoms with Gasteiger partial charge in [-0.15, -0.1) is 0 Å². The highest BCUT2D eigenvalue weighted by molar-refractivity contribution is 7.91. The van der Waals surface area contributed by atoms with Gasteiger partial charge in [0.25, 0.3) is 5.91 Å². The molecular formula is C14H16F2N2O6S. The molecule has 8 nitrogen and oxygen atoms in total. The molecule has 0 unspecified atom stereocenters. The van der Waals surface area contributed by atoms with E-state index in [2.05, 4.69) is 5.32 Å². The van der Waals surface area contributed by atoms with Gasteiger partial charge in [0.1, 0.15) is 0 Å². The molecule has 0 heterocycles. The zero-order chi connectivity index (χ0) is 19.2. The van der Waals surface area contributed by atoms with Crippen LogP contribution < -0.4 is 10.6 Å². The van der Waals surface area contributed by atoms with Crippen LogP contribution in [0.25, 0.3) is 0 Å². The number of esters is 1. The summed E-state index contributed by atoms with van der Waals surface area (Å²) in [6.45, 7) is 3.16. The Morgan fingerprint density at radius 3 is 2.20 bits per heavy atom. The molecule has 1 rings (SSSR count). The van der Waals surface area contributed by atoms with Crippen LogP contribution in [0.1, 0.15) is 24.2 Å². The molecule has 0 saturated heterocycles. The molecule has 1 atom stereocenters. The van der Waals surface area contributed by atoms with Crippen LogP contribution >= 0.6 is 0 Å². The molecule has 0 aliphatic rings.